The molecule has 2 aromatic carbocycles. The summed E-state index contributed by atoms with van der Waals surface area (Å²) in [5.41, 5.74) is 3.31. The Morgan fingerprint density at radius 1 is 0.840 bits per heavy atom. The maximum atomic E-state index is 13.2. The van der Waals surface area contributed by atoms with Gasteiger partial charge in [-0.15, -0.1) is 0 Å². The molecule has 0 aliphatic carbocycles. The minimum Gasteiger partial charge on any atom is -0.410 e. The zero-order valence-corrected chi connectivity index (χ0v) is 16.1. The summed E-state index contributed by atoms with van der Waals surface area (Å²) in [6, 6.07) is 13.0. The number of rotatable bonds is 6. The van der Waals surface area contributed by atoms with Crippen molar-refractivity contribution in [3.8, 4) is 5.75 Å². The lowest BCUT2D eigenvalue weighted by Crippen LogP contribution is -2.19. The Kier molecular flexibility index (Phi) is 6.35. The van der Waals surface area contributed by atoms with Gasteiger partial charge in [0.2, 0.25) is 5.69 Å². The predicted molar refractivity (Wildman–Crippen MR) is 103 cm³/mol. The number of hydrogen-bond acceptors (Lipinski definition) is 1. The Hall–Kier alpha value is -2.16. The monoisotopic (exact) mass is 342 g/mol. The van der Waals surface area contributed by atoms with Crippen molar-refractivity contribution < 1.29 is 13.7 Å². The van der Waals surface area contributed by atoms with E-state index in [4.69, 9.17) is 4.74 Å². The van der Waals surface area contributed by atoms with Gasteiger partial charge >= 0.3 is 6.40 Å². The molecule has 2 rings (SSSR count). The molecule has 0 atom stereocenters. The number of nitrogens with zero attached hydrogens (tertiary/aromatic N) is 1. The van der Waals surface area contributed by atoms with E-state index in [1.807, 2.05) is 4.58 Å². The van der Waals surface area contributed by atoms with E-state index in [1.165, 1.54) is 23.3 Å². The number of hydrogen-bond donors (Lipinski definition) is 0. The second-order valence-corrected chi connectivity index (χ2v) is 7.28. The summed E-state index contributed by atoms with van der Waals surface area (Å²) >= 11 is 0. The molecule has 0 saturated carbocycles. The number of ether oxygens (including phenoxy) is 1. The molecule has 0 saturated heterocycles. The molecule has 0 amide bonds. The van der Waals surface area contributed by atoms with Crippen LogP contribution >= 0.6 is 0 Å². The quantitative estimate of drug-likeness (QED) is 0.344. The van der Waals surface area contributed by atoms with Crippen LogP contribution in [0.1, 0.15) is 64.5 Å². The van der Waals surface area contributed by atoms with Gasteiger partial charge in [-0.3, -0.25) is 0 Å². The Bertz CT molecular complexity index is 704. The lowest BCUT2D eigenvalue weighted by Gasteiger charge is -2.17. The van der Waals surface area contributed by atoms with E-state index < -0.39 is 0 Å². The summed E-state index contributed by atoms with van der Waals surface area (Å²) in [5, 5.41) is 0. The van der Waals surface area contributed by atoms with Crippen LogP contribution in [0.5, 0.6) is 5.75 Å². The molecule has 25 heavy (non-hydrogen) atoms. The van der Waals surface area contributed by atoms with Gasteiger partial charge in [0.15, 0.2) is 6.04 Å². The van der Waals surface area contributed by atoms with Gasteiger partial charge < -0.3 is 4.74 Å². The van der Waals surface area contributed by atoms with Crippen molar-refractivity contribution in [3.63, 3.8) is 0 Å². The van der Waals surface area contributed by atoms with E-state index in [0.29, 0.717) is 11.8 Å². The first-order valence-corrected chi connectivity index (χ1v) is 8.98. The molecule has 0 radical (unpaired) electrons. The smallest absolute Gasteiger partial charge is 0.335 e. The zero-order chi connectivity index (χ0) is 18.6. The minimum atomic E-state index is -0.236. The van der Waals surface area contributed by atoms with Crippen LogP contribution in [0.4, 0.5) is 10.1 Å². The summed E-state index contributed by atoms with van der Waals surface area (Å²) in [7, 11) is 0. The van der Waals surface area contributed by atoms with Crippen LogP contribution in [-0.2, 0) is 0 Å². The van der Waals surface area contributed by atoms with Gasteiger partial charge in [-0.1, -0.05) is 45.9 Å². The molecule has 0 heterocycles. The minimum absolute atomic E-state index is 0.194. The molecule has 134 valence electrons. The maximum absolute atomic E-state index is 13.2. The average molecular weight is 342 g/mol. The molecule has 2 aromatic rings. The fraction of sp³-hybridized carbons (Fsp3) is 0.409. The van der Waals surface area contributed by atoms with Crippen LogP contribution < -0.4 is 4.74 Å². The highest BCUT2D eigenvalue weighted by atomic mass is 19.1. The first-order valence-electron chi connectivity index (χ1n) is 8.98. The zero-order valence-electron chi connectivity index (χ0n) is 16.1. The van der Waals surface area contributed by atoms with E-state index in [0.717, 1.165) is 11.4 Å². The molecular formula is C22H29FNO+. The Balaban J connectivity index is 2.45. The lowest BCUT2D eigenvalue weighted by atomic mass is 9.94. The van der Waals surface area contributed by atoms with Crippen molar-refractivity contribution in [2.24, 2.45) is 0 Å². The molecule has 0 aliphatic rings. The Labute approximate surface area is 151 Å². The van der Waals surface area contributed by atoms with Crippen molar-refractivity contribution in [1.82, 2.24) is 0 Å². The van der Waals surface area contributed by atoms with Crippen LogP contribution in [0, 0.1) is 5.82 Å². The molecule has 0 spiro atoms. The van der Waals surface area contributed by atoms with Crippen molar-refractivity contribution in [1.29, 1.82) is 0 Å². The standard InChI is InChI=1S/C22H29FNO/c1-15(2)20-8-7-9-21(16(3)4)22(20)25-14-24(17(5)6)19-12-10-18(23)11-13-19/h7-17H,1-6H3/q+1. The Morgan fingerprint density at radius 2 is 1.36 bits per heavy atom. The molecule has 3 heteroatoms. The van der Waals surface area contributed by atoms with Gasteiger partial charge in [-0.25, -0.2) is 4.39 Å². The SMILES string of the molecule is CC(C)c1cccc(C(C)C)c1OC=[N+](c1ccc(F)cc1)C(C)C. The highest BCUT2D eigenvalue weighted by Gasteiger charge is 2.18. The van der Waals surface area contributed by atoms with E-state index in [-0.39, 0.29) is 11.9 Å². The van der Waals surface area contributed by atoms with Crippen molar-refractivity contribution in [2.75, 3.05) is 0 Å². The molecule has 0 N–H and O–H groups in total. The summed E-state index contributed by atoms with van der Waals surface area (Å²) in [4.78, 5) is 0. The summed E-state index contributed by atoms with van der Waals surface area (Å²) in [6.07, 6.45) is 1.75. The van der Waals surface area contributed by atoms with Crippen LogP contribution in [0.25, 0.3) is 0 Å². The molecule has 0 fully saturated rings. The van der Waals surface area contributed by atoms with Gasteiger partial charge in [-0.05, 0) is 48.9 Å². The van der Waals surface area contributed by atoms with Crippen LogP contribution in [0.15, 0.2) is 42.5 Å². The number of para-hydroxylation sites is 1. The van der Waals surface area contributed by atoms with Crippen molar-refractivity contribution >= 4 is 12.1 Å². The molecule has 0 bridgehead atoms. The average Bonchev–Trinajstić information content (AvgIpc) is 2.55. The molecular weight excluding hydrogens is 313 g/mol. The predicted octanol–water partition coefficient (Wildman–Crippen LogP) is 6.23. The first kappa shape index (κ1) is 19.2. The van der Waals surface area contributed by atoms with Gasteiger partial charge in [0.1, 0.15) is 11.6 Å². The van der Waals surface area contributed by atoms with E-state index >= 15 is 0 Å². The third-order valence-corrected chi connectivity index (χ3v) is 4.29. The second-order valence-electron chi connectivity index (χ2n) is 7.28. The third kappa shape index (κ3) is 4.68. The number of halogens is 1. The van der Waals surface area contributed by atoms with Gasteiger partial charge in [0, 0.05) is 12.1 Å². The largest absolute Gasteiger partial charge is 0.410 e. The Morgan fingerprint density at radius 3 is 1.80 bits per heavy atom. The van der Waals surface area contributed by atoms with E-state index in [1.54, 1.807) is 18.5 Å². The fourth-order valence-electron chi connectivity index (χ4n) is 2.82. The third-order valence-electron chi connectivity index (χ3n) is 4.29. The van der Waals surface area contributed by atoms with Crippen LogP contribution in [-0.4, -0.2) is 17.0 Å². The fourth-order valence-corrected chi connectivity index (χ4v) is 2.82. The topological polar surface area (TPSA) is 12.2 Å². The van der Waals surface area contributed by atoms with Gasteiger partial charge in [-0.2, -0.15) is 4.58 Å². The van der Waals surface area contributed by atoms with Crippen molar-refractivity contribution in [2.45, 2.75) is 59.4 Å². The van der Waals surface area contributed by atoms with Crippen LogP contribution in [0.3, 0.4) is 0 Å². The number of benzene rings is 2. The van der Waals surface area contributed by atoms with Gasteiger partial charge in [0.05, 0.1) is 0 Å². The van der Waals surface area contributed by atoms with E-state index in [9.17, 15) is 4.39 Å². The molecule has 0 aromatic heterocycles. The van der Waals surface area contributed by atoms with Crippen LogP contribution in [0.2, 0.25) is 0 Å². The normalized spacial score (nSPS) is 12.3. The summed E-state index contributed by atoms with van der Waals surface area (Å²) in [6.45, 7) is 12.9. The highest BCUT2D eigenvalue weighted by molar-refractivity contribution is 5.55. The first-order chi connectivity index (χ1) is 11.8. The van der Waals surface area contributed by atoms with E-state index in [2.05, 4.69) is 59.7 Å². The highest BCUT2D eigenvalue weighted by Crippen LogP contribution is 2.34. The second kappa shape index (κ2) is 8.28. The van der Waals surface area contributed by atoms with Crippen molar-refractivity contribution in [3.05, 3.63) is 59.4 Å². The maximum Gasteiger partial charge on any atom is 0.335 e. The summed E-state index contributed by atoms with van der Waals surface area (Å²) in [5.74, 6) is 1.45. The molecule has 0 unspecified atom stereocenters. The molecule has 0 aliphatic heterocycles. The lowest BCUT2D eigenvalue weighted by molar-refractivity contribution is -0.477. The summed E-state index contributed by atoms with van der Waals surface area (Å²) < 4.78 is 21.4. The molecule has 2 nitrogen and oxygen atoms in total. The van der Waals surface area contributed by atoms with Gasteiger partial charge in [0.25, 0.3) is 0 Å².